The minimum atomic E-state index is 0.269. The Labute approximate surface area is 80.4 Å². The molecular formula is C11H19NO. The van der Waals surface area contributed by atoms with Crippen LogP contribution in [0.15, 0.2) is 11.8 Å². The molecule has 1 aliphatic rings. The third-order valence-electron chi connectivity index (χ3n) is 2.40. The maximum Gasteiger partial charge on any atom is 0.157 e. The van der Waals surface area contributed by atoms with Gasteiger partial charge in [-0.05, 0) is 19.8 Å². The lowest BCUT2D eigenvalue weighted by Crippen LogP contribution is -2.24. The van der Waals surface area contributed by atoms with E-state index in [2.05, 4.69) is 19.2 Å². The van der Waals surface area contributed by atoms with Crippen molar-refractivity contribution in [3.63, 3.8) is 0 Å². The molecule has 0 aromatic rings. The van der Waals surface area contributed by atoms with E-state index in [1.807, 2.05) is 0 Å². The molecule has 0 saturated heterocycles. The highest BCUT2D eigenvalue weighted by molar-refractivity contribution is 5.92. The van der Waals surface area contributed by atoms with E-state index in [4.69, 9.17) is 0 Å². The van der Waals surface area contributed by atoms with Gasteiger partial charge in [-0.15, -0.1) is 0 Å². The van der Waals surface area contributed by atoms with Crippen LogP contribution in [-0.2, 0) is 4.79 Å². The van der Waals surface area contributed by atoms with Crippen LogP contribution in [0.25, 0.3) is 0 Å². The largest absolute Gasteiger partial charge is 0.386 e. The summed E-state index contributed by atoms with van der Waals surface area (Å²) >= 11 is 0. The van der Waals surface area contributed by atoms with Gasteiger partial charge in [-0.2, -0.15) is 0 Å². The molecular weight excluding hydrogens is 162 g/mol. The second kappa shape index (κ2) is 5.05. The first kappa shape index (κ1) is 10.3. The Balaban J connectivity index is 2.24. The number of ketones is 1. The number of hydrogen-bond donors (Lipinski definition) is 1. The summed E-state index contributed by atoms with van der Waals surface area (Å²) < 4.78 is 0. The topological polar surface area (TPSA) is 29.1 Å². The maximum atomic E-state index is 10.9. The predicted molar refractivity (Wildman–Crippen MR) is 54.4 cm³/mol. The van der Waals surface area contributed by atoms with Crippen LogP contribution in [0, 0.1) is 0 Å². The van der Waals surface area contributed by atoms with Crippen LogP contribution in [0.1, 0.15) is 46.0 Å². The zero-order chi connectivity index (χ0) is 9.68. The second-order valence-corrected chi connectivity index (χ2v) is 3.82. The van der Waals surface area contributed by atoms with Crippen molar-refractivity contribution in [3.8, 4) is 0 Å². The summed E-state index contributed by atoms with van der Waals surface area (Å²) in [6, 6.07) is 0.511. The molecule has 0 bridgehead atoms. The molecule has 13 heavy (non-hydrogen) atoms. The van der Waals surface area contributed by atoms with Crippen LogP contribution in [-0.4, -0.2) is 11.8 Å². The number of carbonyl (C=O) groups excluding carboxylic acids is 1. The molecule has 0 spiro atoms. The van der Waals surface area contributed by atoms with Crippen molar-refractivity contribution in [2.45, 2.75) is 52.0 Å². The first-order valence-corrected chi connectivity index (χ1v) is 5.22. The quantitative estimate of drug-likeness (QED) is 0.705. The van der Waals surface area contributed by atoms with Crippen LogP contribution in [0.3, 0.4) is 0 Å². The minimum Gasteiger partial charge on any atom is -0.386 e. The molecule has 0 heterocycles. The predicted octanol–water partition coefficient (Wildman–Crippen LogP) is 2.40. The van der Waals surface area contributed by atoms with E-state index < -0.39 is 0 Å². The Bertz CT molecular complexity index is 208. The van der Waals surface area contributed by atoms with Gasteiger partial charge >= 0.3 is 0 Å². The lowest BCUT2D eigenvalue weighted by atomic mass is 10.1. The molecule has 0 amide bonds. The van der Waals surface area contributed by atoms with E-state index in [-0.39, 0.29) is 5.78 Å². The summed E-state index contributed by atoms with van der Waals surface area (Å²) in [4.78, 5) is 10.9. The van der Waals surface area contributed by atoms with E-state index in [9.17, 15) is 4.79 Å². The van der Waals surface area contributed by atoms with Gasteiger partial charge in [-0.25, -0.2) is 0 Å². The molecule has 0 fully saturated rings. The van der Waals surface area contributed by atoms with Crippen molar-refractivity contribution in [3.05, 3.63) is 11.8 Å². The highest BCUT2D eigenvalue weighted by Gasteiger charge is 2.12. The van der Waals surface area contributed by atoms with Gasteiger partial charge in [0.1, 0.15) is 0 Å². The van der Waals surface area contributed by atoms with Gasteiger partial charge in [0.15, 0.2) is 5.78 Å². The fourth-order valence-corrected chi connectivity index (χ4v) is 1.61. The van der Waals surface area contributed by atoms with Crippen molar-refractivity contribution >= 4 is 5.78 Å². The van der Waals surface area contributed by atoms with Crippen LogP contribution in [0.2, 0.25) is 0 Å². The van der Waals surface area contributed by atoms with E-state index in [1.54, 1.807) is 6.08 Å². The number of allylic oxidation sites excluding steroid dienone is 2. The molecule has 2 nitrogen and oxygen atoms in total. The molecule has 0 radical (unpaired) electrons. The third kappa shape index (κ3) is 3.62. The van der Waals surface area contributed by atoms with E-state index >= 15 is 0 Å². The van der Waals surface area contributed by atoms with Gasteiger partial charge in [-0.1, -0.05) is 19.8 Å². The summed E-state index contributed by atoms with van der Waals surface area (Å²) in [6.07, 6.45) is 7.06. The standard InChI is InChI=1S/C11H19NO/c1-3-4-5-9(2)12-10-6-7-11(13)8-10/h8-9,12H,3-7H2,1-2H3. The van der Waals surface area contributed by atoms with Crippen LogP contribution in [0.4, 0.5) is 0 Å². The molecule has 0 aliphatic heterocycles. The summed E-state index contributed by atoms with van der Waals surface area (Å²) in [5.41, 5.74) is 1.13. The van der Waals surface area contributed by atoms with Gasteiger partial charge in [0.2, 0.25) is 0 Å². The average Bonchev–Trinajstić information content (AvgIpc) is 2.48. The molecule has 1 unspecified atom stereocenters. The molecule has 1 aliphatic carbocycles. The van der Waals surface area contributed by atoms with E-state index in [0.29, 0.717) is 12.5 Å². The molecule has 0 aromatic heterocycles. The average molecular weight is 181 g/mol. The Kier molecular flexibility index (Phi) is 4.00. The molecule has 1 N–H and O–H groups in total. The zero-order valence-corrected chi connectivity index (χ0v) is 8.60. The molecule has 74 valence electrons. The zero-order valence-electron chi connectivity index (χ0n) is 8.60. The van der Waals surface area contributed by atoms with Crippen molar-refractivity contribution in [2.75, 3.05) is 0 Å². The Morgan fingerprint density at radius 2 is 2.31 bits per heavy atom. The van der Waals surface area contributed by atoms with Gasteiger partial charge in [0.25, 0.3) is 0 Å². The summed E-state index contributed by atoms with van der Waals surface area (Å²) in [5, 5.41) is 3.38. The molecule has 0 saturated carbocycles. The Morgan fingerprint density at radius 3 is 2.85 bits per heavy atom. The monoisotopic (exact) mass is 181 g/mol. The van der Waals surface area contributed by atoms with E-state index in [1.165, 1.54) is 19.3 Å². The molecule has 0 aromatic carbocycles. The first-order chi connectivity index (χ1) is 6.22. The number of rotatable bonds is 5. The van der Waals surface area contributed by atoms with Crippen molar-refractivity contribution in [2.24, 2.45) is 0 Å². The molecule has 1 rings (SSSR count). The van der Waals surface area contributed by atoms with Gasteiger partial charge in [0, 0.05) is 24.2 Å². The number of unbranched alkanes of at least 4 members (excludes halogenated alkanes) is 1. The summed E-state index contributed by atoms with van der Waals surface area (Å²) in [5.74, 6) is 0.269. The van der Waals surface area contributed by atoms with Gasteiger partial charge in [-0.3, -0.25) is 4.79 Å². The fraction of sp³-hybridized carbons (Fsp3) is 0.727. The third-order valence-corrected chi connectivity index (χ3v) is 2.40. The maximum absolute atomic E-state index is 10.9. The lowest BCUT2D eigenvalue weighted by molar-refractivity contribution is -0.114. The molecule has 2 heteroatoms. The van der Waals surface area contributed by atoms with Crippen molar-refractivity contribution in [1.29, 1.82) is 0 Å². The summed E-state index contributed by atoms with van der Waals surface area (Å²) in [6.45, 7) is 4.38. The van der Waals surface area contributed by atoms with Crippen molar-refractivity contribution < 1.29 is 4.79 Å². The smallest absolute Gasteiger partial charge is 0.157 e. The number of hydrogen-bond acceptors (Lipinski definition) is 2. The normalized spacial score (nSPS) is 18.6. The minimum absolute atomic E-state index is 0.269. The highest BCUT2D eigenvalue weighted by atomic mass is 16.1. The summed E-state index contributed by atoms with van der Waals surface area (Å²) in [7, 11) is 0. The van der Waals surface area contributed by atoms with Crippen LogP contribution < -0.4 is 5.32 Å². The Hall–Kier alpha value is -0.790. The van der Waals surface area contributed by atoms with Gasteiger partial charge in [0.05, 0.1) is 0 Å². The molecule has 1 atom stereocenters. The van der Waals surface area contributed by atoms with Crippen LogP contribution in [0.5, 0.6) is 0 Å². The first-order valence-electron chi connectivity index (χ1n) is 5.22. The number of nitrogens with one attached hydrogen (secondary N) is 1. The van der Waals surface area contributed by atoms with Crippen LogP contribution >= 0.6 is 0 Å². The van der Waals surface area contributed by atoms with Gasteiger partial charge < -0.3 is 5.32 Å². The fourth-order valence-electron chi connectivity index (χ4n) is 1.61. The second-order valence-electron chi connectivity index (χ2n) is 3.82. The number of carbonyl (C=O) groups is 1. The van der Waals surface area contributed by atoms with E-state index in [0.717, 1.165) is 12.1 Å². The lowest BCUT2D eigenvalue weighted by Gasteiger charge is -2.14. The SMILES string of the molecule is CCCCC(C)NC1=CC(=O)CC1. The Morgan fingerprint density at radius 1 is 1.54 bits per heavy atom. The highest BCUT2D eigenvalue weighted by Crippen LogP contribution is 2.13. The van der Waals surface area contributed by atoms with Crippen molar-refractivity contribution in [1.82, 2.24) is 5.32 Å².